The number of nitriles is 1. The van der Waals surface area contributed by atoms with Crippen molar-refractivity contribution >= 4 is 21.8 Å². The van der Waals surface area contributed by atoms with Gasteiger partial charge in [-0.1, -0.05) is 30.3 Å². The monoisotopic (exact) mass is 498 g/mol. The van der Waals surface area contributed by atoms with Crippen LogP contribution in [0.3, 0.4) is 0 Å². The zero-order valence-corrected chi connectivity index (χ0v) is 21.0. The summed E-state index contributed by atoms with van der Waals surface area (Å²) in [5.74, 6) is 1.31. The molecular formula is C25H26N2O5S2. The molecule has 0 saturated heterocycles. The Morgan fingerprint density at radius 2 is 1.68 bits per heavy atom. The van der Waals surface area contributed by atoms with Crippen molar-refractivity contribution in [1.82, 2.24) is 4.72 Å². The Hall–Kier alpha value is -3.19. The van der Waals surface area contributed by atoms with Crippen molar-refractivity contribution < 1.29 is 22.6 Å². The molecular weight excluding hydrogens is 472 g/mol. The normalized spacial score (nSPS) is 11.0. The summed E-state index contributed by atoms with van der Waals surface area (Å²) < 4.78 is 44.9. The Morgan fingerprint density at radius 3 is 2.32 bits per heavy atom. The molecule has 0 spiro atoms. The van der Waals surface area contributed by atoms with Crippen molar-refractivity contribution in [1.29, 1.82) is 5.26 Å². The fourth-order valence-corrected chi connectivity index (χ4v) is 5.50. The topological polar surface area (TPSA) is 97.7 Å². The predicted octanol–water partition coefficient (Wildman–Crippen LogP) is 4.49. The van der Waals surface area contributed by atoms with Crippen LogP contribution in [0.15, 0.2) is 64.4 Å². The quantitative estimate of drug-likeness (QED) is 0.411. The number of sulfonamides is 1. The van der Waals surface area contributed by atoms with E-state index in [0.29, 0.717) is 17.9 Å². The highest BCUT2D eigenvalue weighted by molar-refractivity contribution is 7.98. The third kappa shape index (κ3) is 5.30. The summed E-state index contributed by atoms with van der Waals surface area (Å²) in [4.78, 5) is 1.03. The average molecular weight is 499 g/mol. The molecule has 0 radical (unpaired) electrons. The fraction of sp³-hybridized carbons (Fsp3) is 0.240. The first-order valence-electron chi connectivity index (χ1n) is 10.3. The van der Waals surface area contributed by atoms with Gasteiger partial charge in [0.2, 0.25) is 10.0 Å². The third-order valence-electron chi connectivity index (χ3n) is 5.27. The van der Waals surface area contributed by atoms with Gasteiger partial charge in [-0.3, -0.25) is 0 Å². The van der Waals surface area contributed by atoms with E-state index in [9.17, 15) is 8.42 Å². The molecule has 0 fully saturated rings. The fourth-order valence-electron chi connectivity index (χ4n) is 3.66. The van der Waals surface area contributed by atoms with Crippen molar-refractivity contribution in [2.24, 2.45) is 0 Å². The third-order valence-corrected chi connectivity index (χ3v) is 7.55. The van der Waals surface area contributed by atoms with Crippen molar-refractivity contribution in [3.05, 3.63) is 65.7 Å². The van der Waals surface area contributed by atoms with Crippen LogP contribution in [0.2, 0.25) is 0 Å². The minimum absolute atomic E-state index is 0.0809. The van der Waals surface area contributed by atoms with Gasteiger partial charge in [0.1, 0.15) is 10.6 Å². The van der Waals surface area contributed by atoms with Crippen LogP contribution < -0.4 is 18.9 Å². The van der Waals surface area contributed by atoms with Crippen LogP contribution >= 0.6 is 11.8 Å². The molecule has 0 amide bonds. The second kappa shape index (κ2) is 11.3. The molecule has 0 unspecified atom stereocenters. The summed E-state index contributed by atoms with van der Waals surface area (Å²) in [6.07, 6.45) is 2.38. The van der Waals surface area contributed by atoms with Gasteiger partial charge in [-0.2, -0.15) is 5.26 Å². The molecule has 0 aromatic heterocycles. The van der Waals surface area contributed by atoms with E-state index in [-0.39, 0.29) is 22.8 Å². The lowest BCUT2D eigenvalue weighted by Gasteiger charge is -2.18. The number of methoxy groups -OCH3 is 3. The molecule has 3 aromatic rings. The summed E-state index contributed by atoms with van der Waals surface area (Å²) in [5, 5.41) is 9.13. The molecule has 0 aliphatic heterocycles. The molecule has 9 heteroatoms. The van der Waals surface area contributed by atoms with Crippen molar-refractivity contribution in [2.45, 2.75) is 16.2 Å². The highest BCUT2D eigenvalue weighted by atomic mass is 32.2. The van der Waals surface area contributed by atoms with E-state index in [4.69, 9.17) is 19.5 Å². The van der Waals surface area contributed by atoms with Crippen LogP contribution in [0, 0.1) is 11.3 Å². The minimum Gasteiger partial charge on any atom is -0.495 e. The molecule has 0 bridgehead atoms. The lowest BCUT2D eigenvalue weighted by atomic mass is 10.00. The number of rotatable bonds is 10. The number of nitrogens with zero attached hydrogens (tertiary/aromatic N) is 1. The van der Waals surface area contributed by atoms with Gasteiger partial charge >= 0.3 is 0 Å². The van der Waals surface area contributed by atoms with Crippen LogP contribution in [0.4, 0.5) is 0 Å². The first kappa shape index (κ1) is 25.4. The van der Waals surface area contributed by atoms with Gasteiger partial charge in [-0.25, -0.2) is 13.1 Å². The molecule has 3 rings (SSSR count). The van der Waals surface area contributed by atoms with Crippen LogP contribution in [0.1, 0.15) is 11.1 Å². The Morgan fingerprint density at radius 1 is 0.941 bits per heavy atom. The maximum atomic E-state index is 12.9. The molecule has 0 atom stereocenters. The molecule has 34 heavy (non-hydrogen) atoms. The Labute approximate surface area is 204 Å². The maximum Gasteiger partial charge on any atom is 0.244 e. The largest absolute Gasteiger partial charge is 0.495 e. The lowest BCUT2D eigenvalue weighted by Crippen LogP contribution is -2.26. The van der Waals surface area contributed by atoms with E-state index < -0.39 is 10.0 Å². The number of nitrogens with one attached hydrogen (secondary N) is 1. The first-order chi connectivity index (χ1) is 16.4. The maximum absolute atomic E-state index is 12.9. The molecule has 3 aromatic carbocycles. The van der Waals surface area contributed by atoms with E-state index >= 15 is 0 Å². The van der Waals surface area contributed by atoms with Gasteiger partial charge in [0, 0.05) is 17.0 Å². The molecule has 0 saturated carbocycles. The molecule has 0 aliphatic rings. The van der Waals surface area contributed by atoms with Crippen LogP contribution in [0.25, 0.3) is 11.1 Å². The Kier molecular flexibility index (Phi) is 8.45. The lowest BCUT2D eigenvalue weighted by molar-refractivity contribution is 0.353. The van der Waals surface area contributed by atoms with E-state index in [2.05, 4.69) is 4.72 Å². The molecule has 1 N–H and O–H groups in total. The van der Waals surface area contributed by atoms with Gasteiger partial charge in [0.05, 0.1) is 33.0 Å². The van der Waals surface area contributed by atoms with E-state index in [1.54, 1.807) is 26.0 Å². The Bertz CT molecular complexity index is 1320. The number of hydrogen-bond acceptors (Lipinski definition) is 7. The number of hydrogen-bond donors (Lipinski definition) is 1. The second-order valence-electron chi connectivity index (χ2n) is 7.16. The molecule has 178 valence electrons. The summed E-state index contributed by atoms with van der Waals surface area (Å²) in [6, 6.07) is 18.1. The van der Waals surface area contributed by atoms with Crippen LogP contribution in [-0.4, -0.2) is 42.5 Å². The minimum atomic E-state index is -3.90. The summed E-state index contributed by atoms with van der Waals surface area (Å²) in [6.45, 7) is 0.114. The molecule has 7 nitrogen and oxygen atoms in total. The number of ether oxygens (including phenoxy) is 3. The highest BCUT2D eigenvalue weighted by Crippen LogP contribution is 2.43. The standard InChI is InChI=1S/C25H26N2O5S2/c1-30-21-12-9-17(16-26)15-23(21)34(28,29)27-14-13-18-10-11-20(25(32-3)24(18)31-2)19-7-5-6-8-22(19)33-4/h5-12,15,27H,13-14H2,1-4H3. The summed E-state index contributed by atoms with van der Waals surface area (Å²) in [7, 11) is 0.632. The number of thioether (sulfide) groups is 1. The second-order valence-corrected chi connectivity index (χ2v) is 9.75. The predicted molar refractivity (Wildman–Crippen MR) is 133 cm³/mol. The van der Waals surface area contributed by atoms with Crippen molar-refractivity contribution in [3.63, 3.8) is 0 Å². The van der Waals surface area contributed by atoms with Crippen molar-refractivity contribution in [3.8, 4) is 34.4 Å². The van der Waals surface area contributed by atoms with E-state index in [1.807, 2.05) is 48.7 Å². The summed E-state index contributed by atoms with van der Waals surface area (Å²) >= 11 is 1.64. The summed E-state index contributed by atoms with van der Waals surface area (Å²) in [5.41, 5.74) is 2.95. The van der Waals surface area contributed by atoms with E-state index in [0.717, 1.165) is 21.6 Å². The molecule has 0 heterocycles. The van der Waals surface area contributed by atoms with Gasteiger partial charge in [0.15, 0.2) is 11.5 Å². The van der Waals surface area contributed by atoms with Gasteiger partial charge in [0.25, 0.3) is 0 Å². The van der Waals surface area contributed by atoms with Gasteiger partial charge in [-0.05, 0) is 48.1 Å². The molecule has 0 aliphatic carbocycles. The highest BCUT2D eigenvalue weighted by Gasteiger charge is 2.22. The SMILES string of the molecule is COc1ccc(C#N)cc1S(=O)(=O)NCCc1ccc(-c2ccccc2SC)c(OC)c1OC. The Balaban J connectivity index is 1.88. The van der Waals surface area contributed by atoms with E-state index in [1.165, 1.54) is 25.3 Å². The first-order valence-corrected chi connectivity index (χ1v) is 13.1. The smallest absolute Gasteiger partial charge is 0.244 e. The zero-order chi connectivity index (χ0) is 24.7. The van der Waals surface area contributed by atoms with Crippen molar-refractivity contribution in [2.75, 3.05) is 34.1 Å². The van der Waals surface area contributed by atoms with Gasteiger partial charge < -0.3 is 14.2 Å². The zero-order valence-electron chi connectivity index (χ0n) is 19.4. The van der Waals surface area contributed by atoms with Gasteiger partial charge in [-0.15, -0.1) is 11.8 Å². The average Bonchev–Trinajstić information content (AvgIpc) is 2.87. The van der Waals surface area contributed by atoms with Crippen LogP contribution in [0.5, 0.6) is 17.2 Å². The van der Waals surface area contributed by atoms with Crippen LogP contribution in [-0.2, 0) is 16.4 Å². The number of benzene rings is 3.